The third-order valence-electron chi connectivity index (χ3n) is 4.41. The Morgan fingerprint density at radius 2 is 2.24 bits per heavy atom. The predicted molar refractivity (Wildman–Crippen MR) is 100 cm³/mol. The fraction of sp³-hybridized carbons (Fsp3) is 0.278. The van der Waals surface area contributed by atoms with Crippen molar-refractivity contribution < 1.29 is 4.79 Å². The van der Waals surface area contributed by atoms with Gasteiger partial charge in [-0.3, -0.25) is 4.79 Å². The van der Waals surface area contributed by atoms with Crippen LogP contribution >= 0.6 is 22.9 Å². The summed E-state index contributed by atoms with van der Waals surface area (Å²) in [6.45, 7) is 2.14. The standard InChI is InChI=1S/C18H17ClN4OS/c1-11(12-5-6-12)23-16(7-8-20-23)22-17(24)15-10-25-18(21-15)13-3-2-4-14(19)9-13/h2-4,7-12H,5-6H2,1H3,(H,22,24). The summed E-state index contributed by atoms with van der Waals surface area (Å²) in [5.74, 6) is 1.14. The molecule has 0 radical (unpaired) electrons. The van der Waals surface area contributed by atoms with E-state index in [1.54, 1.807) is 11.6 Å². The van der Waals surface area contributed by atoms with Crippen molar-refractivity contribution in [3.63, 3.8) is 0 Å². The minimum absolute atomic E-state index is 0.228. The fourth-order valence-corrected chi connectivity index (χ4v) is 3.82. The molecule has 7 heteroatoms. The van der Waals surface area contributed by atoms with Gasteiger partial charge in [0.05, 0.1) is 12.2 Å². The summed E-state index contributed by atoms with van der Waals surface area (Å²) in [6, 6.07) is 9.57. The number of rotatable bonds is 5. The minimum atomic E-state index is -0.228. The van der Waals surface area contributed by atoms with Gasteiger partial charge in [-0.2, -0.15) is 5.10 Å². The van der Waals surface area contributed by atoms with Crippen LogP contribution in [0.1, 0.15) is 36.3 Å². The van der Waals surface area contributed by atoms with Crippen LogP contribution in [-0.4, -0.2) is 20.7 Å². The first kappa shape index (κ1) is 16.3. The van der Waals surface area contributed by atoms with Crippen LogP contribution < -0.4 is 5.32 Å². The summed E-state index contributed by atoms with van der Waals surface area (Å²) >= 11 is 7.45. The highest BCUT2D eigenvalue weighted by molar-refractivity contribution is 7.13. The lowest BCUT2D eigenvalue weighted by Crippen LogP contribution is -2.18. The number of anilines is 1. The van der Waals surface area contributed by atoms with Gasteiger partial charge >= 0.3 is 0 Å². The number of nitrogens with zero attached hydrogens (tertiary/aromatic N) is 3. The van der Waals surface area contributed by atoms with Crippen molar-refractivity contribution in [2.75, 3.05) is 5.32 Å². The fourth-order valence-electron chi connectivity index (χ4n) is 2.83. The van der Waals surface area contributed by atoms with Crippen LogP contribution in [-0.2, 0) is 0 Å². The molecule has 5 nitrogen and oxygen atoms in total. The second-order valence-electron chi connectivity index (χ2n) is 6.24. The molecule has 0 aliphatic heterocycles. The summed E-state index contributed by atoms with van der Waals surface area (Å²) in [5.41, 5.74) is 1.30. The van der Waals surface area contributed by atoms with Gasteiger partial charge in [0.2, 0.25) is 0 Å². The van der Waals surface area contributed by atoms with E-state index in [1.165, 1.54) is 24.2 Å². The highest BCUT2D eigenvalue weighted by Crippen LogP contribution is 2.40. The Bertz CT molecular complexity index is 915. The van der Waals surface area contributed by atoms with Crippen LogP contribution in [0.5, 0.6) is 0 Å². The normalized spacial score (nSPS) is 15.1. The maximum atomic E-state index is 12.5. The number of nitrogens with one attached hydrogen (secondary N) is 1. The molecule has 1 amide bonds. The molecule has 1 aliphatic carbocycles. The number of carbonyl (C=O) groups is 1. The van der Waals surface area contributed by atoms with Gasteiger partial charge in [0, 0.05) is 22.0 Å². The molecule has 1 aliphatic rings. The Hall–Kier alpha value is -2.18. The molecule has 1 unspecified atom stereocenters. The second kappa shape index (κ2) is 6.61. The molecule has 25 heavy (non-hydrogen) atoms. The van der Waals surface area contributed by atoms with E-state index in [-0.39, 0.29) is 5.91 Å². The summed E-state index contributed by atoms with van der Waals surface area (Å²) in [6.07, 6.45) is 4.17. The Morgan fingerprint density at radius 1 is 1.40 bits per heavy atom. The topological polar surface area (TPSA) is 59.8 Å². The first-order chi connectivity index (χ1) is 12.1. The quantitative estimate of drug-likeness (QED) is 0.694. The molecule has 4 rings (SSSR count). The molecule has 0 saturated heterocycles. The first-order valence-corrected chi connectivity index (χ1v) is 9.44. The molecule has 2 aromatic heterocycles. The number of thiazole rings is 1. The van der Waals surface area contributed by atoms with Crippen molar-refractivity contribution in [3.05, 3.63) is 52.6 Å². The van der Waals surface area contributed by atoms with Gasteiger partial charge in [0.15, 0.2) is 0 Å². The molecule has 3 aromatic rings. The lowest BCUT2D eigenvalue weighted by atomic mass is 10.2. The lowest BCUT2D eigenvalue weighted by Gasteiger charge is -2.14. The number of aromatic nitrogens is 3. The zero-order valence-electron chi connectivity index (χ0n) is 13.6. The van der Waals surface area contributed by atoms with E-state index in [9.17, 15) is 4.79 Å². The average Bonchev–Trinajstić information content (AvgIpc) is 3.15. The van der Waals surface area contributed by atoms with E-state index < -0.39 is 0 Å². The largest absolute Gasteiger partial charge is 0.305 e. The number of hydrogen-bond donors (Lipinski definition) is 1. The SMILES string of the molecule is CC(C1CC1)n1nccc1NC(=O)c1csc(-c2cccc(Cl)c2)n1. The lowest BCUT2D eigenvalue weighted by molar-refractivity contribution is 0.102. The van der Waals surface area contributed by atoms with Gasteiger partial charge in [0.1, 0.15) is 16.5 Å². The van der Waals surface area contributed by atoms with Gasteiger partial charge in [-0.05, 0) is 37.8 Å². The molecule has 128 valence electrons. The number of amides is 1. The highest BCUT2D eigenvalue weighted by atomic mass is 35.5. The molecule has 0 spiro atoms. The van der Waals surface area contributed by atoms with E-state index in [2.05, 4.69) is 22.3 Å². The van der Waals surface area contributed by atoms with Crippen LogP contribution in [0, 0.1) is 5.92 Å². The summed E-state index contributed by atoms with van der Waals surface area (Å²) in [4.78, 5) is 17.0. The second-order valence-corrected chi connectivity index (χ2v) is 7.54. The Balaban J connectivity index is 1.52. The summed E-state index contributed by atoms with van der Waals surface area (Å²) in [5, 5.41) is 10.5. The molecule has 1 aromatic carbocycles. The Labute approximate surface area is 154 Å². The Morgan fingerprint density at radius 3 is 3.00 bits per heavy atom. The van der Waals surface area contributed by atoms with Crippen molar-refractivity contribution in [3.8, 4) is 10.6 Å². The summed E-state index contributed by atoms with van der Waals surface area (Å²) < 4.78 is 1.89. The van der Waals surface area contributed by atoms with E-state index in [4.69, 9.17) is 11.6 Å². The molecular formula is C18H17ClN4OS. The van der Waals surface area contributed by atoms with Crippen molar-refractivity contribution >= 4 is 34.7 Å². The van der Waals surface area contributed by atoms with Crippen LogP contribution in [0.2, 0.25) is 5.02 Å². The molecule has 0 bridgehead atoms. The number of carbonyl (C=O) groups excluding carboxylic acids is 1. The number of halogens is 1. The minimum Gasteiger partial charge on any atom is -0.305 e. The van der Waals surface area contributed by atoms with E-state index in [0.29, 0.717) is 28.5 Å². The van der Waals surface area contributed by atoms with E-state index in [0.717, 1.165) is 10.6 Å². The van der Waals surface area contributed by atoms with Crippen molar-refractivity contribution in [1.82, 2.24) is 14.8 Å². The third kappa shape index (κ3) is 3.45. The number of hydrogen-bond acceptors (Lipinski definition) is 4. The first-order valence-electron chi connectivity index (χ1n) is 8.18. The van der Waals surface area contributed by atoms with Crippen molar-refractivity contribution in [2.24, 2.45) is 5.92 Å². The van der Waals surface area contributed by atoms with Gasteiger partial charge in [-0.1, -0.05) is 23.7 Å². The zero-order chi connectivity index (χ0) is 17.4. The molecule has 1 N–H and O–H groups in total. The predicted octanol–water partition coefficient (Wildman–Crippen LogP) is 4.88. The van der Waals surface area contributed by atoms with Gasteiger partial charge in [-0.15, -0.1) is 11.3 Å². The smallest absolute Gasteiger partial charge is 0.276 e. The van der Waals surface area contributed by atoms with Gasteiger partial charge in [0.25, 0.3) is 5.91 Å². The average molecular weight is 373 g/mol. The molecule has 1 saturated carbocycles. The summed E-state index contributed by atoms with van der Waals surface area (Å²) in [7, 11) is 0. The maximum absolute atomic E-state index is 12.5. The van der Waals surface area contributed by atoms with Crippen molar-refractivity contribution in [1.29, 1.82) is 0 Å². The molecule has 1 atom stereocenters. The third-order valence-corrected chi connectivity index (χ3v) is 5.54. The van der Waals surface area contributed by atoms with Crippen LogP contribution in [0.3, 0.4) is 0 Å². The monoisotopic (exact) mass is 372 g/mol. The van der Waals surface area contributed by atoms with Gasteiger partial charge < -0.3 is 5.32 Å². The van der Waals surface area contributed by atoms with E-state index >= 15 is 0 Å². The molecule has 1 fully saturated rings. The Kier molecular flexibility index (Phi) is 4.31. The highest BCUT2D eigenvalue weighted by Gasteiger charge is 2.31. The molecular weight excluding hydrogens is 356 g/mol. The van der Waals surface area contributed by atoms with Crippen LogP contribution in [0.4, 0.5) is 5.82 Å². The van der Waals surface area contributed by atoms with Crippen molar-refractivity contribution in [2.45, 2.75) is 25.8 Å². The van der Waals surface area contributed by atoms with E-state index in [1.807, 2.05) is 35.0 Å². The van der Waals surface area contributed by atoms with Crippen LogP contribution in [0.25, 0.3) is 10.6 Å². The number of benzene rings is 1. The van der Waals surface area contributed by atoms with Gasteiger partial charge in [-0.25, -0.2) is 9.67 Å². The van der Waals surface area contributed by atoms with Crippen LogP contribution in [0.15, 0.2) is 41.9 Å². The maximum Gasteiger partial charge on any atom is 0.276 e. The molecule has 2 heterocycles. The zero-order valence-corrected chi connectivity index (χ0v) is 15.2.